The lowest BCUT2D eigenvalue weighted by molar-refractivity contribution is 0.458. The molecular formula is C9H6F3N3. The van der Waals surface area contributed by atoms with Crippen molar-refractivity contribution in [2.45, 2.75) is 6.92 Å². The van der Waals surface area contributed by atoms with E-state index in [4.69, 9.17) is 0 Å². The van der Waals surface area contributed by atoms with Crippen molar-refractivity contribution in [3.63, 3.8) is 0 Å². The molecule has 6 heteroatoms. The monoisotopic (exact) mass is 213 g/mol. The highest BCUT2D eigenvalue weighted by molar-refractivity contribution is 5.25. The Labute approximate surface area is 83.2 Å². The molecule has 0 spiro atoms. The van der Waals surface area contributed by atoms with E-state index >= 15 is 0 Å². The van der Waals surface area contributed by atoms with Crippen LogP contribution in [0.2, 0.25) is 0 Å². The third-order valence-corrected chi connectivity index (χ3v) is 1.80. The molecule has 0 aliphatic heterocycles. The third-order valence-electron chi connectivity index (χ3n) is 1.80. The smallest absolute Gasteiger partial charge is 0.220 e. The molecular weight excluding hydrogens is 207 g/mol. The molecule has 0 fully saturated rings. The number of nitrogens with zero attached hydrogens (tertiary/aromatic N) is 3. The highest BCUT2D eigenvalue weighted by Crippen LogP contribution is 2.13. The quantitative estimate of drug-likeness (QED) is 0.678. The Balaban J connectivity index is 2.58. The van der Waals surface area contributed by atoms with E-state index in [9.17, 15) is 13.2 Å². The predicted molar refractivity (Wildman–Crippen MR) is 46.0 cm³/mol. The second kappa shape index (κ2) is 3.38. The van der Waals surface area contributed by atoms with Crippen molar-refractivity contribution in [2.24, 2.45) is 0 Å². The van der Waals surface area contributed by atoms with Crippen LogP contribution < -0.4 is 0 Å². The number of aromatic nitrogens is 3. The maximum Gasteiger partial charge on any atom is 0.251 e. The van der Waals surface area contributed by atoms with Gasteiger partial charge >= 0.3 is 0 Å². The standard InChI is InChI=1S/C9H6F3N3/c1-5-3-13-15(4-5)9-7(11)2-6(10)8(12)14-9/h2-4H,1H3. The second-order valence-electron chi connectivity index (χ2n) is 3.03. The minimum atomic E-state index is -1.35. The summed E-state index contributed by atoms with van der Waals surface area (Å²) in [4.78, 5) is 3.14. The summed E-state index contributed by atoms with van der Waals surface area (Å²) >= 11 is 0. The maximum atomic E-state index is 13.2. The van der Waals surface area contributed by atoms with Crippen LogP contribution in [0.25, 0.3) is 5.82 Å². The van der Waals surface area contributed by atoms with Gasteiger partial charge in [0.2, 0.25) is 0 Å². The van der Waals surface area contributed by atoms with Crippen LogP contribution in [-0.2, 0) is 0 Å². The summed E-state index contributed by atoms with van der Waals surface area (Å²) in [5.41, 5.74) is 0.765. The van der Waals surface area contributed by atoms with E-state index < -0.39 is 17.6 Å². The summed E-state index contributed by atoms with van der Waals surface area (Å²) in [5.74, 6) is -3.99. The molecule has 3 nitrogen and oxygen atoms in total. The number of hydrogen-bond donors (Lipinski definition) is 0. The second-order valence-corrected chi connectivity index (χ2v) is 3.03. The first-order chi connectivity index (χ1) is 7.08. The Morgan fingerprint density at radius 2 is 1.93 bits per heavy atom. The highest BCUT2D eigenvalue weighted by atomic mass is 19.2. The summed E-state index contributed by atoms with van der Waals surface area (Å²) in [7, 11) is 0. The largest absolute Gasteiger partial charge is 0.251 e. The maximum absolute atomic E-state index is 13.2. The zero-order chi connectivity index (χ0) is 11.0. The summed E-state index contributed by atoms with van der Waals surface area (Å²) in [6.07, 6.45) is 2.92. The summed E-state index contributed by atoms with van der Waals surface area (Å²) < 4.78 is 39.6. The van der Waals surface area contributed by atoms with Crippen LogP contribution in [0.3, 0.4) is 0 Å². The molecule has 2 aromatic rings. The minimum Gasteiger partial charge on any atom is -0.220 e. The molecule has 0 saturated heterocycles. The predicted octanol–water partition coefficient (Wildman–Crippen LogP) is 1.99. The van der Waals surface area contributed by atoms with Gasteiger partial charge in [0.15, 0.2) is 17.5 Å². The molecule has 2 rings (SSSR count). The van der Waals surface area contributed by atoms with Gasteiger partial charge in [-0.25, -0.2) is 13.5 Å². The summed E-state index contributed by atoms with van der Waals surface area (Å²) in [5, 5.41) is 3.74. The van der Waals surface area contributed by atoms with Gasteiger partial charge in [0, 0.05) is 12.3 Å². The van der Waals surface area contributed by atoms with E-state index in [0.717, 1.165) is 10.2 Å². The van der Waals surface area contributed by atoms with E-state index in [-0.39, 0.29) is 5.82 Å². The highest BCUT2D eigenvalue weighted by Gasteiger charge is 2.13. The molecule has 0 radical (unpaired) electrons. The minimum absolute atomic E-state index is 0.359. The Hall–Kier alpha value is -1.85. The van der Waals surface area contributed by atoms with Crippen LogP contribution in [0.15, 0.2) is 18.5 Å². The first-order valence-electron chi connectivity index (χ1n) is 4.11. The number of rotatable bonds is 1. The lowest BCUT2D eigenvalue weighted by Crippen LogP contribution is -2.05. The van der Waals surface area contributed by atoms with E-state index in [1.807, 2.05) is 0 Å². The van der Waals surface area contributed by atoms with Gasteiger partial charge in [0.05, 0.1) is 6.20 Å². The van der Waals surface area contributed by atoms with Crippen molar-refractivity contribution in [1.29, 1.82) is 0 Å². The SMILES string of the molecule is Cc1cnn(-c2nc(F)c(F)cc2F)c1. The van der Waals surface area contributed by atoms with Crippen molar-refractivity contribution in [1.82, 2.24) is 14.8 Å². The van der Waals surface area contributed by atoms with Crippen molar-refractivity contribution in [3.05, 3.63) is 41.6 Å². The van der Waals surface area contributed by atoms with Gasteiger partial charge in [0.25, 0.3) is 5.95 Å². The molecule has 15 heavy (non-hydrogen) atoms. The average molecular weight is 213 g/mol. The van der Waals surface area contributed by atoms with Crippen molar-refractivity contribution < 1.29 is 13.2 Å². The average Bonchev–Trinajstić information content (AvgIpc) is 2.58. The van der Waals surface area contributed by atoms with Gasteiger partial charge < -0.3 is 0 Å². The summed E-state index contributed by atoms with van der Waals surface area (Å²) in [6, 6.07) is 0.439. The van der Waals surface area contributed by atoms with Gasteiger partial charge in [-0.1, -0.05) is 0 Å². The van der Waals surface area contributed by atoms with E-state index in [0.29, 0.717) is 6.07 Å². The van der Waals surface area contributed by atoms with Gasteiger partial charge in [-0.05, 0) is 12.5 Å². The van der Waals surface area contributed by atoms with Gasteiger partial charge in [0.1, 0.15) is 0 Å². The number of hydrogen-bond acceptors (Lipinski definition) is 2. The van der Waals surface area contributed by atoms with Crippen LogP contribution >= 0.6 is 0 Å². The third kappa shape index (κ3) is 1.70. The molecule has 0 aliphatic rings. The van der Waals surface area contributed by atoms with Crippen LogP contribution in [0, 0.1) is 24.5 Å². The normalized spacial score (nSPS) is 10.7. The Morgan fingerprint density at radius 3 is 2.53 bits per heavy atom. The van der Waals surface area contributed by atoms with E-state index in [1.165, 1.54) is 12.4 Å². The zero-order valence-electron chi connectivity index (χ0n) is 7.71. The Bertz CT molecular complexity index is 507. The lowest BCUT2D eigenvalue weighted by Gasteiger charge is -2.02. The number of pyridine rings is 1. The zero-order valence-corrected chi connectivity index (χ0v) is 7.71. The Morgan fingerprint density at radius 1 is 1.20 bits per heavy atom. The lowest BCUT2D eigenvalue weighted by atomic mass is 10.4. The molecule has 0 N–H and O–H groups in total. The van der Waals surface area contributed by atoms with Gasteiger partial charge in [-0.3, -0.25) is 0 Å². The fraction of sp³-hybridized carbons (Fsp3) is 0.111. The molecule has 0 unspecified atom stereocenters. The fourth-order valence-corrected chi connectivity index (χ4v) is 1.12. The Kier molecular flexibility index (Phi) is 2.18. The topological polar surface area (TPSA) is 30.7 Å². The van der Waals surface area contributed by atoms with Gasteiger partial charge in [-0.15, -0.1) is 0 Å². The molecule has 0 aromatic carbocycles. The molecule has 2 heterocycles. The van der Waals surface area contributed by atoms with E-state index in [2.05, 4.69) is 10.1 Å². The molecule has 0 amide bonds. The van der Waals surface area contributed by atoms with Crippen molar-refractivity contribution in [2.75, 3.05) is 0 Å². The van der Waals surface area contributed by atoms with Crippen LogP contribution in [0.5, 0.6) is 0 Å². The van der Waals surface area contributed by atoms with E-state index in [1.54, 1.807) is 6.92 Å². The molecule has 0 atom stereocenters. The number of halogens is 3. The molecule has 0 aliphatic carbocycles. The van der Waals surface area contributed by atoms with Crippen LogP contribution in [0.1, 0.15) is 5.56 Å². The molecule has 78 valence electrons. The van der Waals surface area contributed by atoms with Crippen LogP contribution in [0.4, 0.5) is 13.2 Å². The van der Waals surface area contributed by atoms with Crippen molar-refractivity contribution in [3.8, 4) is 5.82 Å². The fourth-order valence-electron chi connectivity index (χ4n) is 1.12. The molecule has 0 saturated carbocycles. The van der Waals surface area contributed by atoms with Crippen molar-refractivity contribution >= 4 is 0 Å². The number of aryl methyl sites for hydroxylation is 1. The molecule has 0 bridgehead atoms. The first-order valence-corrected chi connectivity index (χ1v) is 4.11. The molecule has 2 aromatic heterocycles. The summed E-state index contributed by atoms with van der Waals surface area (Å²) in [6.45, 7) is 1.74. The van der Waals surface area contributed by atoms with Gasteiger partial charge in [-0.2, -0.15) is 14.5 Å². The van der Waals surface area contributed by atoms with Crippen LogP contribution in [-0.4, -0.2) is 14.8 Å². The first kappa shape index (κ1) is 9.70.